The molecule has 0 bridgehead atoms. The molecule has 2 aromatic carbocycles. The van der Waals surface area contributed by atoms with Crippen LogP contribution < -0.4 is 18.9 Å². The van der Waals surface area contributed by atoms with Gasteiger partial charge in [0.25, 0.3) is 0 Å². The van der Waals surface area contributed by atoms with Crippen LogP contribution in [0.4, 0.5) is 0 Å². The van der Waals surface area contributed by atoms with Crippen LogP contribution in [0.2, 0.25) is 0 Å². The van der Waals surface area contributed by atoms with Gasteiger partial charge in [-0.25, -0.2) is 0 Å². The van der Waals surface area contributed by atoms with Gasteiger partial charge < -0.3 is 18.9 Å². The molecule has 0 aromatic heterocycles. The van der Waals surface area contributed by atoms with E-state index in [2.05, 4.69) is 0 Å². The van der Waals surface area contributed by atoms with Crippen LogP contribution >= 0.6 is 0 Å². The topological polar surface area (TPSA) is 71.1 Å². The quantitative estimate of drug-likeness (QED) is 0.553. The second-order valence-corrected chi connectivity index (χ2v) is 6.74. The highest BCUT2D eigenvalue weighted by molar-refractivity contribution is 6.10. The third-order valence-corrected chi connectivity index (χ3v) is 4.92. The number of ketones is 2. The van der Waals surface area contributed by atoms with E-state index in [1.807, 2.05) is 13.8 Å². The lowest BCUT2D eigenvalue weighted by molar-refractivity contribution is 0.0962. The Bertz CT molecular complexity index is 975. The Labute approximate surface area is 162 Å². The number of fused-ring (bicyclic) bond motifs is 2. The van der Waals surface area contributed by atoms with E-state index in [-0.39, 0.29) is 37.5 Å². The van der Waals surface area contributed by atoms with Gasteiger partial charge in [-0.2, -0.15) is 0 Å². The molecule has 0 saturated heterocycles. The maximum absolute atomic E-state index is 13.0. The molecule has 0 amide bonds. The highest BCUT2D eigenvalue weighted by atomic mass is 16.7. The molecule has 0 spiro atoms. The molecule has 28 heavy (non-hydrogen) atoms. The molecule has 2 aliphatic heterocycles. The molecule has 0 saturated carbocycles. The molecular formula is C22H20O6. The van der Waals surface area contributed by atoms with E-state index in [0.717, 1.165) is 0 Å². The monoisotopic (exact) mass is 380 g/mol. The largest absolute Gasteiger partial charge is 0.454 e. The van der Waals surface area contributed by atoms with Crippen LogP contribution in [0.5, 0.6) is 23.0 Å². The lowest BCUT2D eigenvalue weighted by atomic mass is 9.88. The number of rotatable bonds is 6. The summed E-state index contributed by atoms with van der Waals surface area (Å²) in [6.07, 6.45) is 1.99. The summed E-state index contributed by atoms with van der Waals surface area (Å²) in [5.74, 6) is 1.99. The fourth-order valence-corrected chi connectivity index (χ4v) is 3.42. The van der Waals surface area contributed by atoms with E-state index in [1.54, 1.807) is 42.5 Å². The average molecular weight is 380 g/mol. The predicted molar refractivity (Wildman–Crippen MR) is 101 cm³/mol. The van der Waals surface area contributed by atoms with Crippen molar-refractivity contribution in [2.45, 2.75) is 20.3 Å². The van der Waals surface area contributed by atoms with Crippen molar-refractivity contribution in [3.8, 4) is 23.0 Å². The van der Waals surface area contributed by atoms with Crippen molar-refractivity contribution in [1.82, 2.24) is 0 Å². The highest BCUT2D eigenvalue weighted by Gasteiger charge is 2.24. The minimum absolute atomic E-state index is 0.0522. The molecule has 6 heteroatoms. The summed E-state index contributed by atoms with van der Waals surface area (Å²) in [4.78, 5) is 25.7. The van der Waals surface area contributed by atoms with Crippen LogP contribution in [0.15, 0.2) is 48.0 Å². The van der Waals surface area contributed by atoms with Gasteiger partial charge in [0.15, 0.2) is 34.6 Å². The van der Waals surface area contributed by atoms with E-state index in [9.17, 15) is 9.59 Å². The number of hydrogen-bond donors (Lipinski definition) is 0. The van der Waals surface area contributed by atoms with Gasteiger partial charge in [-0.15, -0.1) is 0 Å². The van der Waals surface area contributed by atoms with Gasteiger partial charge in [-0.05, 0) is 54.8 Å². The van der Waals surface area contributed by atoms with Gasteiger partial charge in [0.2, 0.25) is 13.6 Å². The van der Waals surface area contributed by atoms with E-state index >= 15 is 0 Å². The number of allylic oxidation sites excluding steroid dienone is 2. The molecule has 1 unspecified atom stereocenters. The summed E-state index contributed by atoms with van der Waals surface area (Å²) in [6.45, 7) is 4.01. The molecule has 0 N–H and O–H groups in total. The third kappa shape index (κ3) is 3.33. The number of hydrogen-bond acceptors (Lipinski definition) is 6. The van der Waals surface area contributed by atoms with Crippen LogP contribution in [-0.2, 0) is 0 Å². The van der Waals surface area contributed by atoms with Crippen molar-refractivity contribution >= 4 is 11.6 Å². The van der Waals surface area contributed by atoms with Crippen molar-refractivity contribution in [1.29, 1.82) is 0 Å². The number of carbonyl (C=O) groups is 2. The van der Waals surface area contributed by atoms with Crippen LogP contribution in [0.25, 0.3) is 0 Å². The Morgan fingerprint density at radius 3 is 2.04 bits per heavy atom. The molecule has 0 radical (unpaired) electrons. The van der Waals surface area contributed by atoms with Crippen molar-refractivity contribution in [3.05, 3.63) is 59.2 Å². The van der Waals surface area contributed by atoms with Crippen LogP contribution in [0.1, 0.15) is 41.0 Å². The lowest BCUT2D eigenvalue weighted by Gasteiger charge is -2.15. The molecule has 2 aromatic rings. The molecule has 0 aliphatic carbocycles. The molecule has 4 rings (SSSR count). The Morgan fingerprint density at radius 1 is 0.893 bits per heavy atom. The maximum Gasteiger partial charge on any atom is 0.231 e. The maximum atomic E-state index is 13.0. The average Bonchev–Trinajstić information content (AvgIpc) is 3.36. The summed E-state index contributed by atoms with van der Waals surface area (Å²) < 4.78 is 21.2. The molecule has 6 nitrogen and oxygen atoms in total. The summed E-state index contributed by atoms with van der Waals surface area (Å²) in [5.41, 5.74) is 1.65. The van der Waals surface area contributed by atoms with Crippen molar-refractivity contribution in [3.63, 3.8) is 0 Å². The zero-order chi connectivity index (χ0) is 19.7. The first-order valence-corrected chi connectivity index (χ1v) is 9.10. The number of carbonyl (C=O) groups excluding carboxylic acids is 2. The Morgan fingerprint density at radius 2 is 1.43 bits per heavy atom. The fourth-order valence-electron chi connectivity index (χ4n) is 3.42. The standard InChI is InChI=1S/C22H20O6/c1-3-16(22(24)15-5-7-19-21(10-15)28-12-26-19)13(2)8-17(23)14-4-6-18-20(9-14)27-11-25-18/h3-7,9-10,13H,8,11-12H2,1-2H3/b16-3-. The summed E-state index contributed by atoms with van der Waals surface area (Å²) in [7, 11) is 0. The predicted octanol–water partition coefficient (Wildman–Crippen LogP) is 4.18. The highest BCUT2D eigenvalue weighted by Crippen LogP contribution is 2.35. The van der Waals surface area contributed by atoms with Gasteiger partial charge in [0.1, 0.15) is 0 Å². The lowest BCUT2D eigenvalue weighted by Crippen LogP contribution is -2.15. The second kappa shape index (κ2) is 7.38. The smallest absolute Gasteiger partial charge is 0.231 e. The van der Waals surface area contributed by atoms with Crippen LogP contribution in [0, 0.1) is 5.92 Å². The number of benzene rings is 2. The SMILES string of the molecule is C/C=C(\C(=O)c1ccc2c(c1)OCO2)C(C)CC(=O)c1ccc2c(c1)OCO2. The van der Waals surface area contributed by atoms with E-state index < -0.39 is 0 Å². The number of Topliss-reactive ketones (excluding diaryl/α,β-unsaturated/α-hetero) is 2. The second-order valence-electron chi connectivity index (χ2n) is 6.74. The fraction of sp³-hybridized carbons (Fsp3) is 0.273. The zero-order valence-electron chi connectivity index (χ0n) is 15.7. The first-order chi connectivity index (χ1) is 13.6. The normalized spacial score (nSPS) is 15.4. The molecule has 144 valence electrons. The van der Waals surface area contributed by atoms with Gasteiger partial charge in [0.05, 0.1) is 0 Å². The summed E-state index contributed by atoms with van der Waals surface area (Å²) in [5, 5.41) is 0. The molecular weight excluding hydrogens is 360 g/mol. The van der Waals surface area contributed by atoms with Gasteiger partial charge in [-0.3, -0.25) is 9.59 Å². The first kappa shape index (κ1) is 18.1. The van der Waals surface area contributed by atoms with Gasteiger partial charge in [0, 0.05) is 17.5 Å². The van der Waals surface area contributed by atoms with Crippen LogP contribution in [0.3, 0.4) is 0 Å². The van der Waals surface area contributed by atoms with Gasteiger partial charge >= 0.3 is 0 Å². The first-order valence-electron chi connectivity index (χ1n) is 9.10. The Balaban J connectivity index is 1.48. The Hall–Kier alpha value is -3.28. The minimum Gasteiger partial charge on any atom is -0.454 e. The van der Waals surface area contributed by atoms with E-state index in [4.69, 9.17) is 18.9 Å². The molecule has 1 atom stereocenters. The molecule has 0 fully saturated rings. The minimum atomic E-state index is -0.235. The van der Waals surface area contributed by atoms with Gasteiger partial charge in [-0.1, -0.05) is 13.0 Å². The third-order valence-electron chi connectivity index (χ3n) is 4.92. The van der Waals surface area contributed by atoms with Crippen molar-refractivity contribution in [2.24, 2.45) is 5.92 Å². The van der Waals surface area contributed by atoms with Crippen LogP contribution in [-0.4, -0.2) is 25.2 Å². The number of ether oxygens (including phenoxy) is 4. The Kier molecular flexibility index (Phi) is 4.77. The molecule has 2 aliphatic rings. The summed E-state index contributed by atoms with van der Waals surface area (Å²) >= 11 is 0. The van der Waals surface area contributed by atoms with Crippen molar-refractivity contribution in [2.75, 3.05) is 13.6 Å². The zero-order valence-corrected chi connectivity index (χ0v) is 15.7. The van der Waals surface area contributed by atoms with E-state index in [0.29, 0.717) is 39.7 Å². The van der Waals surface area contributed by atoms with Crippen molar-refractivity contribution < 1.29 is 28.5 Å². The van der Waals surface area contributed by atoms with E-state index in [1.165, 1.54) is 0 Å². The molecule has 2 heterocycles. The summed E-state index contributed by atoms with van der Waals surface area (Å²) in [6, 6.07) is 10.3.